The third-order valence-corrected chi connectivity index (χ3v) is 2.41. The number of cyclic esters (lactones) is 1. The summed E-state index contributed by atoms with van der Waals surface area (Å²) in [5.41, 5.74) is 1.14. The minimum Gasteiger partial charge on any atom is -0.447 e. The van der Waals surface area contributed by atoms with Crippen LogP contribution in [0.2, 0.25) is 0 Å². The first kappa shape index (κ1) is 9.06. The van der Waals surface area contributed by atoms with E-state index in [1.807, 2.05) is 37.3 Å². The van der Waals surface area contributed by atoms with Crippen LogP contribution in [0.1, 0.15) is 12.5 Å². The molecule has 1 saturated heterocycles. The molecule has 0 spiro atoms. The van der Waals surface area contributed by atoms with Crippen LogP contribution in [0.3, 0.4) is 0 Å². The Balaban J connectivity index is 2.07. The second kappa shape index (κ2) is 3.70. The molecule has 1 aliphatic rings. The van der Waals surface area contributed by atoms with Crippen LogP contribution in [-0.2, 0) is 11.3 Å². The van der Waals surface area contributed by atoms with E-state index in [0.717, 1.165) is 5.56 Å². The van der Waals surface area contributed by atoms with Crippen molar-refractivity contribution in [3.8, 4) is 0 Å². The highest BCUT2D eigenvalue weighted by atomic mass is 16.6. The number of hydrogen-bond acceptors (Lipinski definition) is 2. The van der Waals surface area contributed by atoms with Crippen molar-refractivity contribution < 1.29 is 9.53 Å². The summed E-state index contributed by atoms with van der Waals surface area (Å²) in [5, 5.41) is 0. The number of hydrogen-bond donors (Lipinski definition) is 0. The lowest BCUT2D eigenvalue weighted by molar-refractivity contribution is 0.156. The molecule has 0 N–H and O–H groups in total. The molecular formula is C11H13NO2. The lowest BCUT2D eigenvalue weighted by Gasteiger charge is -2.17. The summed E-state index contributed by atoms with van der Waals surface area (Å²) >= 11 is 0. The van der Waals surface area contributed by atoms with Gasteiger partial charge in [-0.1, -0.05) is 30.3 Å². The summed E-state index contributed by atoms with van der Waals surface area (Å²) in [6.07, 6.45) is -0.207. The molecule has 0 aliphatic carbocycles. The van der Waals surface area contributed by atoms with Gasteiger partial charge in [-0.05, 0) is 12.5 Å². The van der Waals surface area contributed by atoms with Crippen LogP contribution in [-0.4, -0.2) is 23.6 Å². The van der Waals surface area contributed by atoms with Crippen molar-refractivity contribution in [3.05, 3.63) is 35.9 Å². The van der Waals surface area contributed by atoms with Crippen molar-refractivity contribution in [2.24, 2.45) is 0 Å². The fraction of sp³-hybridized carbons (Fsp3) is 0.364. The van der Waals surface area contributed by atoms with E-state index in [1.54, 1.807) is 4.90 Å². The van der Waals surface area contributed by atoms with Gasteiger partial charge in [0.25, 0.3) is 0 Å². The third-order valence-electron chi connectivity index (χ3n) is 2.41. The van der Waals surface area contributed by atoms with E-state index in [4.69, 9.17) is 4.74 Å². The fourth-order valence-corrected chi connectivity index (χ4v) is 1.55. The van der Waals surface area contributed by atoms with Gasteiger partial charge in [0.2, 0.25) is 0 Å². The minimum atomic E-state index is -0.207. The molecule has 0 unspecified atom stereocenters. The Labute approximate surface area is 83.3 Å². The van der Waals surface area contributed by atoms with Crippen LogP contribution in [0.5, 0.6) is 0 Å². The standard InChI is InChI=1S/C11H13NO2/c1-9-8-14-11(13)12(9)7-10-5-3-2-4-6-10/h2-6,9H,7-8H2,1H3/t9-/m0/s1. The Hall–Kier alpha value is -1.51. The molecule has 2 rings (SSSR count). The summed E-state index contributed by atoms with van der Waals surface area (Å²) in [7, 11) is 0. The molecule has 0 aromatic heterocycles. The van der Waals surface area contributed by atoms with Crippen molar-refractivity contribution in [3.63, 3.8) is 0 Å². The van der Waals surface area contributed by atoms with E-state index in [0.29, 0.717) is 13.2 Å². The van der Waals surface area contributed by atoms with Gasteiger partial charge in [0.05, 0.1) is 6.04 Å². The Morgan fingerprint density at radius 2 is 2.14 bits per heavy atom. The van der Waals surface area contributed by atoms with Crippen molar-refractivity contribution in [2.45, 2.75) is 19.5 Å². The molecule has 3 nitrogen and oxygen atoms in total. The van der Waals surface area contributed by atoms with E-state index >= 15 is 0 Å². The van der Waals surface area contributed by atoms with Gasteiger partial charge in [0, 0.05) is 6.54 Å². The zero-order valence-electron chi connectivity index (χ0n) is 8.14. The second-order valence-corrected chi connectivity index (χ2v) is 3.54. The molecule has 1 aromatic rings. The molecule has 0 radical (unpaired) electrons. The van der Waals surface area contributed by atoms with Gasteiger partial charge in [0.15, 0.2) is 0 Å². The van der Waals surface area contributed by atoms with Crippen LogP contribution in [0.4, 0.5) is 4.79 Å². The topological polar surface area (TPSA) is 29.5 Å². The van der Waals surface area contributed by atoms with Crippen molar-refractivity contribution in [2.75, 3.05) is 6.61 Å². The van der Waals surface area contributed by atoms with Crippen LogP contribution in [0.25, 0.3) is 0 Å². The second-order valence-electron chi connectivity index (χ2n) is 3.54. The maximum absolute atomic E-state index is 11.3. The van der Waals surface area contributed by atoms with E-state index in [1.165, 1.54) is 0 Å². The number of rotatable bonds is 2. The van der Waals surface area contributed by atoms with Crippen molar-refractivity contribution >= 4 is 6.09 Å². The molecule has 0 saturated carbocycles. The summed E-state index contributed by atoms with van der Waals surface area (Å²) < 4.78 is 4.94. The quantitative estimate of drug-likeness (QED) is 0.715. The molecule has 3 heteroatoms. The molecule has 1 amide bonds. The fourth-order valence-electron chi connectivity index (χ4n) is 1.55. The lowest BCUT2D eigenvalue weighted by Crippen LogP contribution is -2.30. The normalized spacial score (nSPS) is 21.1. The van der Waals surface area contributed by atoms with Gasteiger partial charge in [-0.15, -0.1) is 0 Å². The Kier molecular flexibility index (Phi) is 2.39. The van der Waals surface area contributed by atoms with Crippen LogP contribution in [0, 0.1) is 0 Å². The molecule has 1 atom stereocenters. The zero-order chi connectivity index (χ0) is 9.97. The highest BCUT2D eigenvalue weighted by Crippen LogP contribution is 2.15. The number of ether oxygens (including phenoxy) is 1. The molecule has 14 heavy (non-hydrogen) atoms. The third kappa shape index (κ3) is 1.71. The van der Waals surface area contributed by atoms with Crippen LogP contribution >= 0.6 is 0 Å². The monoisotopic (exact) mass is 191 g/mol. The van der Waals surface area contributed by atoms with Crippen LogP contribution < -0.4 is 0 Å². The number of carbonyl (C=O) groups excluding carboxylic acids is 1. The maximum atomic E-state index is 11.3. The average molecular weight is 191 g/mol. The number of nitrogens with zero attached hydrogens (tertiary/aromatic N) is 1. The molecule has 74 valence electrons. The predicted octanol–water partition coefficient (Wildman–Crippen LogP) is 2.03. The smallest absolute Gasteiger partial charge is 0.410 e. The summed E-state index contributed by atoms with van der Waals surface area (Å²) in [4.78, 5) is 13.0. The summed E-state index contributed by atoms with van der Waals surface area (Å²) in [6, 6.07) is 10.1. The Bertz CT molecular complexity index is 323. The largest absolute Gasteiger partial charge is 0.447 e. The van der Waals surface area contributed by atoms with Gasteiger partial charge in [-0.25, -0.2) is 4.79 Å². The summed E-state index contributed by atoms with van der Waals surface area (Å²) in [6.45, 7) is 3.14. The molecule has 1 aromatic carbocycles. The Morgan fingerprint density at radius 3 is 2.71 bits per heavy atom. The first-order valence-electron chi connectivity index (χ1n) is 4.74. The predicted molar refractivity (Wildman–Crippen MR) is 52.8 cm³/mol. The first-order chi connectivity index (χ1) is 6.77. The number of amides is 1. The minimum absolute atomic E-state index is 0.183. The summed E-state index contributed by atoms with van der Waals surface area (Å²) in [5.74, 6) is 0. The lowest BCUT2D eigenvalue weighted by atomic mass is 10.2. The van der Waals surface area contributed by atoms with E-state index in [2.05, 4.69) is 0 Å². The highest BCUT2D eigenvalue weighted by Gasteiger charge is 2.28. The van der Waals surface area contributed by atoms with Crippen LogP contribution in [0.15, 0.2) is 30.3 Å². The average Bonchev–Trinajstić information content (AvgIpc) is 2.51. The zero-order valence-corrected chi connectivity index (χ0v) is 8.14. The number of carbonyl (C=O) groups is 1. The SMILES string of the molecule is C[C@H]1COC(=O)N1Cc1ccccc1. The molecular weight excluding hydrogens is 178 g/mol. The molecule has 0 bridgehead atoms. The molecule has 1 heterocycles. The highest BCUT2D eigenvalue weighted by molar-refractivity contribution is 5.70. The number of benzene rings is 1. The maximum Gasteiger partial charge on any atom is 0.410 e. The molecule has 1 fully saturated rings. The molecule has 1 aliphatic heterocycles. The van der Waals surface area contributed by atoms with Gasteiger partial charge >= 0.3 is 6.09 Å². The van der Waals surface area contributed by atoms with Crippen molar-refractivity contribution in [1.29, 1.82) is 0 Å². The van der Waals surface area contributed by atoms with Crippen molar-refractivity contribution in [1.82, 2.24) is 4.90 Å². The van der Waals surface area contributed by atoms with Gasteiger partial charge < -0.3 is 4.74 Å². The first-order valence-corrected chi connectivity index (χ1v) is 4.74. The van der Waals surface area contributed by atoms with Gasteiger partial charge in [0.1, 0.15) is 6.61 Å². The van der Waals surface area contributed by atoms with Gasteiger partial charge in [-0.3, -0.25) is 4.90 Å². The van der Waals surface area contributed by atoms with E-state index in [9.17, 15) is 4.79 Å². The Morgan fingerprint density at radius 1 is 1.43 bits per heavy atom. The van der Waals surface area contributed by atoms with E-state index in [-0.39, 0.29) is 12.1 Å². The van der Waals surface area contributed by atoms with Gasteiger partial charge in [-0.2, -0.15) is 0 Å². The van der Waals surface area contributed by atoms with E-state index < -0.39 is 0 Å².